The molecule has 1 aliphatic rings. The zero-order valence-corrected chi connectivity index (χ0v) is 18.3. The molecule has 2 aromatic carbocycles. The lowest BCUT2D eigenvalue weighted by Gasteiger charge is -2.28. The van der Waals surface area contributed by atoms with Gasteiger partial charge >= 0.3 is 18.9 Å². The summed E-state index contributed by atoms with van der Waals surface area (Å²) in [4.78, 5) is 6.56. The average Bonchev–Trinajstić information content (AvgIpc) is 3.10. The van der Waals surface area contributed by atoms with Gasteiger partial charge in [0.1, 0.15) is 17.3 Å². The fraction of sp³-hybridized carbons (Fsp3) is 0.348. The van der Waals surface area contributed by atoms with Crippen molar-refractivity contribution in [3.05, 3.63) is 65.5 Å². The molecule has 0 atom stereocenters. The lowest BCUT2D eigenvalue weighted by molar-refractivity contribution is -0.274. The van der Waals surface area contributed by atoms with Crippen LogP contribution in [0, 0.1) is 0 Å². The second-order valence-electron chi connectivity index (χ2n) is 7.99. The number of hydrogen-bond donors (Lipinski definition) is 0. The number of nitrogens with zero attached hydrogens (tertiary/aromatic N) is 3. The number of aromatic nitrogens is 2. The van der Waals surface area contributed by atoms with E-state index in [1.165, 1.54) is 42.5 Å². The molecule has 0 bridgehead atoms. The molecule has 0 N–H and O–H groups in total. The van der Waals surface area contributed by atoms with E-state index >= 15 is 0 Å². The van der Waals surface area contributed by atoms with Crippen LogP contribution < -0.4 is 9.47 Å². The van der Waals surface area contributed by atoms with E-state index in [9.17, 15) is 30.7 Å². The second kappa shape index (κ2) is 9.40. The first kappa shape index (κ1) is 24.8. The summed E-state index contributed by atoms with van der Waals surface area (Å²) in [5.74, 6) is -0.115. The number of ether oxygens (including phenoxy) is 2. The Morgan fingerprint density at radius 1 is 0.971 bits per heavy atom. The fourth-order valence-electron chi connectivity index (χ4n) is 3.91. The zero-order valence-electron chi connectivity index (χ0n) is 18.3. The van der Waals surface area contributed by atoms with Crippen LogP contribution in [0.25, 0.3) is 11.4 Å². The molecule has 2 heterocycles. The molecule has 5 nitrogen and oxygen atoms in total. The van der Waals surface area contributed by atoms with E-state index in [1.807, 2.05) is 9.47 Å². The van der Waals surface area contributed by atoms with Crippen molar-refractivity contribution < 1.29 is 40.2 Å². The Bertz CT molecular complexity index is 1180. The lowest BCUT2D eigenvalue weighted by Crippen LogP contribution is -2.34. The van der Waals surface area contributed by atoms with Gasteiger partial charge < -0.3 is 14.0 Å². The number of imidazole rings is 1. The highest BCUT2D eigenvalue weighted by Gasteiger charge is 2.44. The maximum Gasteiger partial charge on any atom is 0.573 e. The zero-order chi connectivity index (χ0) is 25.4. The van der Waals surface area contributed by atoms with Crippen LogP contribution in [0.1, 0.15) is 17.0 Å². The third-order valence-electron chi connectivity index (χ3n) is 5.55. The molecule has 0 radical (unpaired) electrons. The Labute approximate surface area is 195 Å². The van der Waals surface area contributed by atoms with Crippen LogP contribution in [0.5, 0.6) is 11.5 Å². The maximum absolute atomic E-state index is 13.4. The minimum atomic E-state index is -4.79. The maximum atomic E-state index is 13.4. The van der Waals surface area contributed by atoms with Crippen LogP contribution >= 0.6 is 0 Å². The topological polar surface area (TPSA) is 39.5 Å². The standard InChI is InChI=1S/C23H20F7N3O2/c1-32-18-13-33(12-15-4-2-3-5-19(15)35-22(26,27)21(24)25)11-10-17(18)31-20(32)14-6-8-16(9-7-14)34-23(28,29)30/h2-9,21H,10-13H2,1H3. The molecular weight excluding hydrogens is 483 g/mol. The van der Waals surface area contributed by atoms with E-state index in [0.717, 1.165) is 11.4 Å². The predicted molar refractivity (Wildman–Crippen MR) is 111 cm³/mol. The molecule has 0 unspecified atom stereocenters. The quantitative estimate of drug-likeness (QED) is 0.384. The molecule has 0 amide bonds. The predicted octanol–water partition coefficient (Wildman–Crippen LogP) is 5.78. The van der Waals surface area contributed by atoms with Crippen LogP contribution in [0.4, 0.5) is 30.7 Å². The summed E-state index contributed by atoms with van der Waals surface area (Å²) in [6, 6.07) is 11.1. The van der Waals surface area contributed by atoms with Gasteiger partial charge in [-0.2, -0.15) is 17.6 Å². The summed E-state index contributed by atoms with van der Waals surface area (Å²) < 4.78 is 99.3. The van der Waals surface area contributed by atoms with Gasteiger partial charge in [-0.05, 0) is 30.3 Å². The van der Waals surface area contributed by atoms with Crippen molar-refractivity contribution in [3.8, 4) is 22.9 Å². The molecule has 0 saturated heterocycles. The first-order valence-electron chi connectivity index (χ1n) is 10.5. The average molecular weight is 503 g/mol. The first-order chi connectivity index (χ1) is 16.4. The van der Waals surface area contributed by atoms with Crippen molar-refractivity contribution in [2.24, 2.45) is 7.05 Å². The van der Waals surface area contributed by atoms with Gasteiger partial charge in [0.2, 0.25) is 0 Å². The summed E-state index contributed by atoms with van der Waals surface area (Å²) in [6.45, 7) is 1.11. The van der Waals surface area contributed by atoms with Gasteiger partial charge in [-0.3, -0.25) is 4.90 Å². The fourth-order valence-corrected chi connectivity index (χ4v) is 3.91. The molecule has 35 heavy (non-hydrogen) atoms. The van der Waals surface area contributed by atoms with Crippen molar-refractivity contribution in [2.45, 2.75) is 38.4 Å². The number of fused-ring (bicyclic) bond motifs is 1. The van der Waals surface area contributed by atoms with Crippen molar-refractivity contribution in [1.82, 2.24) is 14.5 Å². The van der Waals surface area contributed by atoms with Gasteiger partial charge in [-0.15, -0.1) is 13.2 Å². The normalized spacial score (nSPS) is 14.8. The van der Waals surface area contributed by atoms with Crippen LogP contribution in [-0.2, 0) is 26.6 Å². The molecular formula is C23H20F7N3O2. The van der Waals surface area contributed by atoms with Gasteiger partial charge in [-0.25, -0.2) is 4.98 Å². The largest absolute Gasteiger partial charge is 0.573 e. The Hall–Kier alpha value is -3.28. The SMILES string of the molecule is Cn1c(-c2ccc(OC(F)(F)F)cc2)nc2c1CN(Cc1ccccc1OC(F)(F)C(F)F)CC2. The van der Waals surface area contributed by atoms with Gasteiger partial charge in [-0.1, -0.05) is 18.2 Å². The summed E-state index contributed by atoms with van der Waals surface area (Å²) >= 11 is 0. The molecule has 1 aliphatic heterocycles. The van der Waals surface area contributed by atoms with Crippen molar-refractivity contribution in [2.75, 3.05) is 6.54 Å². The first-order valence-corrected chi connectivity index (χ1v) is 10.5. The van der Waals surface area contributed by atoms with Crippen molar-refractivity contribution in [3.63, 3.8) is 0 Å². The number of halogens is 7. The molecule has 0 aliphatic carbocycles. The highest BCUT2D eigenvalue weighted by molar-refractivity contribution is 5.58. The molecule has 188 valence electrons. The number of para-hydroxylation sites is 1. The summed E-state index contributed by atoms with van der Waals surface area (Å²) in [5, 5.41) is 0. The third kappa shape index (κ3) is 5.69. The van der Waals surface area contributed by atoms with Gasteiger partial charge in [0.25, 0.3) is 0 Å². The molecule has 12 heteroatoms. The van der Waals surface area contributed by atoms with Gasteiger partial charge in [0.05, 0.1) is 11.4 Å². The second-order valence-corrected chi connectivity index (χ2v) is 7.99. The van der Waals surface area contributed by atoms with E-state index in [4.69, 9.17) is 0 Å². The Morgan fingerprint density at radius 2 is 1.66 bits per heavy atom. The van der Waals surface area contributed by atoms with Crippen LogP contribution in [0.2, 0.25) is 0 Å². The monoisotopic (exact) mass is 503 g/mol. The summed E-state index contributed by atoms with van der Waals surface area (Å²) in [7, 11) is 1.77. The van der Waals surface area contributed by atoms with Crippen LogP contribution in [0.15, 0.2) is 48.5 Å². The number of hydrogen-bond acceptors (Lipinski definition) is 4. The van der Waals surface area contributed by atoms with E-state index < -0.39 is 18.9 Å². The molecule has 0 spiro atoms. The van der Waals surface area contributed by atoms with E-state index in [1.54, 1.807) is 13.1 Å². The van der Waals surface area contributed by atoms with Crippen LogP contribution in [-0.4, -0.2) is 39.9 Å². The van der Waals surface area contributed by atoms with Crippen molar-refractivity contribution in [1.29, 1.82) is 0 Å². The van der Waals surface area contributed by atoms with Crippen LogP contribution in [0.3, 0.4) is 0 Å². The molecule has 1 aromatic heterocycles. The smallest absolute Gasteiger partial charge is 0.428 e. The van der Waals surface area contributed by atoms with Crippen molar-refractivity contribution >= 4 is 0 Å². The number of benzene rings is 2. The Balaban J connectivity index is 1.50. The lowest BCUT2D eigenvalue weighted by atomic mass is 10.1. The molecule has 0 saturated carbocycles. The summed E-state index contributed by atoms with van der Waals surface area (Å²) in [5.41, 5.74) is 2.58. The minimum absolute atomic E-state index is 0.179. The van der Waals surface area contributed by atoms with E-state index in [-0.39, 0.29) is 18.0 Å². The minimum Gasteiger partial charge on any atom is -0.428 e. The molecule has 0 fully saturated rings. The van der Waals surface area contributed by atoms with E-state index in [2.05, 4.69) is 14.5 Å². The molecule has 3 aromatic rings. The van der Waals surface area contributed by atoms with E-state index in [0.29, 0.717) is 36.5 Å². The Kier molecular flexibility index (Phi) is 6.67. The summed E-state index contributed by atoms with van der Waals surface area (Å²) in [6.07, 6.45) is -12.8. The third-order valence-corrected chi connectivity index (χ3v) is 5.55. The van der Waals surface area contributed by atoms with Gasteiger partial charge in [0, 0.05) is 44.2 Å². The highest BCUT2D eigenvalue weighted by atomic mass is 19.4. The number of rotatable bonds is 7. The molecule has 4 rings (SSSR count). The number of alkyl halides is 7. The van der Waals surface area contributed by atoms with Gasteiger partial charge in [0.15, 0.2) is 0 Å². The Morgan fingerprint density at radius 3 is 2.31 bits per heavy atom. The highest BCUT2D eigenvalue weighted by Crippen LogP contribution is 2.32.